The monoisotopic (exact) mass is 248 g/mol. The molecule has 5 heteroatoms. The van der Waals surface area contributed by atoms with E-state index in [0.717, 1.165) is 10.4 Å². The Morgan fingerprint density at radius 3 is 2.76 bits per heavy atom. The summed E-state index contributed by atoms with van der Waals surface area (Å²) in [6.45, 7) is 0. The maximum Gasteiger partial charge on any atom is 0.357 e. The lowest BCUT2D eigenvalue weighted by Gasteiger charge is -2.00. The van der Waals surface area contributed by atoms with Crippen LogP contribution in [-0.2, 0) is 11.2 Å². The van der Waals surface area contributed by atoms with Gasteiger partial charge in [-0.25, -0.2) is 9.78 Å². The number of nitrogens with zero attached hydrogens (tertiary/aromatic N) is 1. The number of esters is 1. The molecule has 0 aliphatic heterocycles. The van der Waals surface area contributed by atoms with Gasteiger partial charge >= 0.3 is 5.97 Å². The highest BCUT2D eigenvalue weighted by atomic mass is 32.1. The van der Waals surface area contributed by atoms with Crippen molar-refractivity contribution in [1.29, 1.82) is 0 Å². The van der Waals surface area contributed by atoms with E-state index < -0.39 is 5.97 Å². The number of rotatable bonds is 3. The van der Waals surface area contributed by atoms with Crippen molar-refractivity contribution in [3.05, 3.63) is 46.5 Å². The lowest BCUT2D eigenvalue weighted by molar-refractivity contribution is 0.0594. The van der Waals surface area contributed by atoms with Crippen molar-refractivity contribution in [2.75, 3.05) is 12.8 Å². The number of carbonyl (C=O) groups excluding carboxylic acids is 1. The van der Waals surface area contributed by atoms with Gasteiger partial charge in [0.15, 0.2) is 10.8 Å². The van der Waals surface area contributed by atoms with Crippen LogP contribution < -0.4 is 5.73 Å². The smallest absolute Gasteiger partial charge is 0.357 e. The quantitative estimate of drug-likeness (QED) is 0.845. The SMILES string of the molecule is COC(=O)c1nc(N)sc1Cc1ccccc1. The zero-order valence-electron chi connectivity index (χ0n) is 9.34. The minimum absolute atomic E-state index is 0.318. The molecule has 2 N–H and O–H groups in total. The molecule has 0 bridgehead atoms. The molecule has 0 saturated heterocycles. The van der Waals surface area contributed by atoms with E-state index in [0.29, 0.717) is 17.2 Å². The molecule has 1 aromatic carbocycles. The third-order valence-corrected chi connectivity index (χ3v) is 3.18. The summed E-state index contributed by atoms with van der Waals surface area (Å²) in [6.07, 6.45) is 0.639. The Morgan fingerprint density at radius 2 is 2.12 bits per heavy atom. The first kappa shape index (κ1) is 11.6. The Labute approximate surface area is 103 Å². The number of nitrogen functional groups attached to an aromatic ring is 1. The molecule has 2 rings (SSSR count). The average molecular weight is 248 g/mol. The normalized spacial score (nSPS) is 10.2. The first-order valence-electron chi connectivity index (χ1n) is 5.08. The number of anilines is 1. The highest BCUT2D eigenvalue weighted by Crippen LogP contribution is 2.24. The minimum Gasteiger partial charge on any atom is -0.464 e. The fourth-order valence-corrected chi connectivity index (χ4v) is 2.38. The Bertz CT molecular complexity index is 523. The number of aromatic nitrogens is 1. The van der Waals surface area contributed by atoms with Crippen molar-refractivity contribution in [1.82, 2.24) is 4.98 Å². The van der Waals surface area contributed by atoms with Gasteiger partial charge in [-0.05, 0) is 5.56 Å². The number of thiazole rings is 1. The van der Waals surface area contributed by atoms with Gasteiger partial charge in [0.25, 0.3) is 0 Å². The van der Waals surface area contributed by atoms with Crippen LogP contribution in [-0.4, -0.2) is 18.1 Å². The van der Waals surface area contributed by atoms with Gasteiger partial charge in [0, 0.05) is 11.3 Å². The van der Waals surface area contributed by atoms with Crippen LogP contribution in [0.1, 0.15) is 20.9 Å². The van der Waals surface area contributed by atoms with Crippen molar-refractivity contribution in [2.24, 2.45) is 0 Å². The summed E-state index contributed by atoms with van der Waals surface area (Å²) in [5.74, 6) is -0.441. The van der Waals surface area contributed by atoms with E-state index in [1.54, 1.807) is 0 Å². The molecule has 0 radical (unpaired) electrons. The van der Waals surface area contributed by atoms with Crippen LogP contribution in [0.4, 0.5) is 5.13 Å². The molecule has 0 aliphatic carbocycles. The predicted molar refractivity (Wildman–Crippen MR) is 67.1 cm³/mol. The lowest BCUT2D eigenvalue weighted by Crippen LogP contribution is -2.05. The van der Waals surface area contributed by atoms with Crippen molar-refractivity contribution >= 4 is 22.4 Å². The molecule has 4 nitrogen and oxygen atoms in total. The third kappa shape index (κ3) is 2.62. The second-order valence-corrected chi connectivity index (χ2v) is 4.59. The van der Waals surface area contributed by atoms with Crippen LogP contribution in [0.3, 0.4) is 0 Å². The number of ether oxygens (including phenoxy) is 1. The van der Waals surface area contributed by atoms with E-state index in [1.807, 2.05) is 30.3 Å². The molecule has 0 aliphatic rings. The number of nitrogens with two attached hydrogens (primary N) is 1. The summed E-state index contributed by atoms with van der Waals surface area (Å²) in [5.41, 5.74) is 7.06. The van der Waals surface area contributed by atoms with Crippen molar-refractivity contribution < 1.29 is 9.53 Å². The Balaban J connectivity index is 2.30. The van der Waals surface area contributed by atoms with Crippen LogP contribution in [0.15, 0.2) is 30.3 Å². The number of hydrogen-bond acceptors (Lipinski definition) is 5. The molecule has 0 unspecified atom stereocenters. The summed E-state index contributed by atoms with van der Waals surface area (Å²) in [5, 5.41) is 0.385. The zero-order valence-corrected chi connectivity index (χ0v) is 10.2. The van der Waals surface area contributed by atoms with Gasteiger partial charge in [-0.2, -0.15) is 0 Å². The summed E-state index contributed by atoms with van der Waals surface area (Å²) in [6, 6.07) is 9.86. The Hall–Kier alpha value is -1.88. The Morgan fingerprint density at radius 1 is 1.41 bits per heavy atom. The van der Waals surface area contributed by atoms with E-state index in [9.17, 15) is 4.79 Å². The maximum absolute atomic E-state index is 11.5. The van der Waals surface area contributed by atoms with Crippen LogP contribution in [0.25, 0.3) is 0 Å². The summed E-state index contributed by atoms with van der Waals surface area (Å²) >= 11 is 1.32. The molecule has 17 heavy (non-hydrogen) atoms. The van der Waals surface area contributed by atoms with Gasteiger partial charge in [-0.1, -0.05) is 30.3 Å². The molecular weight excluding hydrogens is 236 g/mol. The standard InChI is InChI=1S/C12H12N2O2S/c1-16-11(15)10-9(17-12(13)14-10)7-8-5-3-2-4-6-8/h2-6H,7H2,1H3,(H2,13,14). The molecule has 1 aromatic heterocycles. The van der Waals surface area contributed by atoms with Crippen molar-refractivity contribution in [3.8, 4) is 0 Å². The molecular formula is C12H12N2O2S. The first-order chi connectivity index (χ1) is 8.20. The zero-order chi connectivity index (χ0) is 12.3. The fourth-order valence-electron chi connectivity index (χ4n) is 1.53. The van der Waals surface area contributed by atoms with E-state index in [2.05, 4.69) is 9.72 Å². The van der Waals surface area contributed by atoms with Gasteiger partial charge in [-0.15, -0.1) is 11.3 Å². The van der Waals surface area contributed by atoms with Gasteiger partial charge in [-0.3, -0.25) is 0 Å². The van der Waals surface area contributed by atoms with E-state index >= 15 is 0 Å². The number of hydrogen-bond donors (Lipinski definition) is 1. The van der Waals surface area contributed by atoms with Crippen LogP contribution in [0.2, 0.25) is 0 Å². The fraction of sp³-hybridized carbons (Fsp3) is 0.167. The van der Waals surface area contributed by atoms with Crippen LogP contribution in [0, 0.1) is 0 Å². The number of benzene rings is 1. The molecule has 0 atom stereocenters. The van der Waals surface area contributed by atoms with Gasteiger partial charge in [0.1, 0.15) is 0 Å². The largest absolute Gasteiger partial charge is 0.464 e. The third-order valence-electron chi connectivity index (χ3n) is 2.30. The molecule has 2 aromatic rings. The van der Waals surface area contributed by atoms with Crippen LogP contribution in [0.5, 0.6) is 0 Å². The van der Waals surface area contributed by atoms with Gasteiger partial charge < -0.3 is 10.5 Å². The van der Waals surface area contributed by atoms with E-state index in [-0.39, 0.29) is 0 Å². The molecule has 0 spiro atoms. The summed E-state index contributed by atoms with van der Waals surface area (Å²) in [7, 11) is 1.34. The van der Waals surface area contributed by atoms with E-state index in [1.165, 1.54) is 18.4 Å². The molecule has 1 heterocycles. The molecule has 0 fully saturated rings. The van der Waals surface area contributed by atoms with Crippen LogP contribution >= 0.6 is 11.3 Å². The van der Waals surface area contributed by atoms with Crippen molar-refractivity contribution in [3.63, 3.8) is 0 Å². The van der Waals surface area contributed by atoms with E-state index in [4.69, 9.17) is 5.73 Å². The summed E-state index contributed by atoms with van der Waals surface area (Å²) in [4.78, 5) is 16.3. The second-order valence-electron chi connectivity index (χ2n) is 3.48. The van der Waals surface area contributed by atoms with Crippen molar-refractivity contribution in [2.45, 2.75) is 6.42 Å². The first-order valence-corrected chi connectivity index (χ1v) is 5.89. The highest BCUT2D eigenvalue weighted by Gasteiger charge is 2.17. The van der Waals surface area contributed by atoms with Gasteiger partial charge in [0.05, 0.1) is 7.11 Å². The van der Waals surface area contributed by atoms with Gasteiger partial charge in [0.2, 0.25) is 0 Å². The molecule has 0 amide bonds. The maximum atomic E-state index is 11.5. The minimum atomic E-state index is -0.441. The number of carbonyl (C=O) groups is 1. The lowest BCUT2D eigenvalue weighted by atomic mass is 10.1. The predicted octanol–water partition coefficient (Wildman–Crippen LogP) is 2.10. The summed E-state index contributed by atoms with van der Waals surface area (Å²) < 4.78 is 4.68. The highest BCUT2D eigenvalue weighted by molar-refractivity contribution is 7.15. The average Bonchev–Trinajstić information content (AvgIpc) is 2.70. The topological polar surface area (TPSA) is 65.2 Å². The second kappa shape index (κ2) is 4.97. The molecule has 88 valence electrons. The number of methoxy groups -OCH3 is 1. The Kier molecular flexibility index (Phi) is 3.39. The molecule has 0 saturated carbocycles.